The minimum Gasteiger partial charge on any atom is -0.386 e. The second kappa shape index (κ2) is 9.01. The first-order valence-corrected chi connectivity index (χ1v) is 11.3. The molecule has 1 aromatic heterocycles. The summed E-state index contributed by atoms with van der Waals surface area (Å²) in [5, 5.41) is 19.4. The van der Waals surface area contributed by atoms with E-state index >= 15 is 0 Å². The number of nitrogens with two attached hydrogens (primary N) is 1. The number of rotatable bonds is 4. The maximum absolute atomic E-state index is 14.5. The molecule has 1 atom stereocenters. The fourth-order valence-corrected chi connectivity index (χ4v) is 4.32. The predicted molar refractivity (Wildman–Crippen MR) is 127 cm³/mol. The number of carbonyl (C=O) groups is 1. The number of aliphatic hydroxyl groups is 1. The van der Waals surface area contributed by atoms with Crippen molar-refractivity contribution in [3.63, 3.8) is 0 Å². The van der Waals surface area contributed by atoms with Crippen LogP contribution in [-0.4, -0.2) is 44.6 Å². The Kier molecular flexibility index (Phi) is 6.26. The quantitative estimate of drug-likeness (QED) is 0.617. The van der Waals surface area contributed by atoms with Gasteiger partial charge in [-0.05, 0) is 69.5 Å². The Hall–Kier alpha value is -3.54. The first-order valence-electron chi connectivity index (χ1n) is 11.3. The van der Waals surface area contributed by atoms with Crippen molar-refractivity contribution in [1.82, 2.24) is 14.5 Å². The number of amides is 1. The van der Waals surface area contributed by atoms with Crippen LogP contribution < -0.4 is 5.73 Å². The number of nitriles is 1. The van der Waals surface area contributed by atoms with Gasteiger partial charge in [0.05, 0.1) is 16.9 Å². The molecule has 8 heteroatoms. The van der Waals surface area contributed by atoms with Crippen LogP contribution in [-0.2, 0) is 5.60 Å². The molecular formula is C26H28FN5O2. The van der Waals surface area contributed by atoms with E-state index in [0.717, 1.165) is 18.4 Å². The molecule has 2 heterocycles. The van der Waals surface area contributed by atoms with Crippen LogP contribution >= 0.6 is 0 Å². The monoisotopic (exact) mass is 461 g/mol. The standard InChI is InChI=1S/C26H28FN5O2/c1-16-23(25(33)31-12-4-5-20(29)15-31)30-24(17-6-7-18(14-28)22(27)13-17)32(16)21-10-8-19(9-11-21)26(2,3)34/h6-11,13,20,34H,4-5,12,15,29H2,1-3H3/t20-/m0/s1. The van der Waals surface area contributed by atoms with Crippen molar-refractivity contribution in [2.24, 2.45) is 5.73 Å². The zero-order valence-electron chi connectivity index (χ0n) is 19.5. The van der Waals surface area contributed by atoms with Crippen LogP contribution in [0.15, 0.2) is 42.5 Å². The summed E-state index contributed by atoms with van der Waals surface area (Å²) in [6.07, 6.45) is 1.71. The van der Waals surface area contributed by atoms with Crippen molar-refractivity contribution in [1.29, 1.82) is 5.26 Å². The molecule has 0 aliphatic carbocycles. The minimum atomic E-state index is -1.00. The van der Waals surface area contributed by atoms with Crippen molar-refractivity contribution < 1.29 is 14.3 Å². The van der Waals surface area contributed by atoms with Gasteiger partial charge in [0.1, 0.15) is 23.4 Å². The van der Waals surface area contributed by atoms with Gasteiger partial charge in [0.15, 0.2) is 0 Å². The molecule has 0 radical (unpaired) electrons. The third-order valence-electron chi connectivity index (χ3n) is 6.23. The van der Waals surface area contributed by atoms with E-state index in [4.69, 9.17) is 11.0 Å². The molecule has 34 heavy (non-hydrogen) atoms. The van der Waals surface area contributed by atoms with Crippen molar-refractivity contribution in [2.45, 2.75) is 45.3 Å². The number of carbonyl (C=O) groups excluding carboxylic acids is 1. The van der Waals surface area contributed by atoms with E-state index in [1.807, 2.05) is 30.3 Å². The summed E-state index contributed by atoms with van der Waals surface area (Å²) in [6, 6.07) is 13.3. The van der Waals surface area contributed by atoms with E-state index in [1.54, 1.807) is 36.3 Å². The lowest BCUT2D eigenvalue weighted by Gasteiger charge is -2.30. The zero-order chi connectivity index (χ0) is 24.6. The van der Waals surface area contributed by atoms with E-state index in [9.17, 15) is 14.3 Å². The third-order valence-corrected chi connectivity index (χ3v) is 6.23. The molecule has 1 aliphatic heterocycles. The Morgan fingerprint density at radius 1 is 1.26 bits per heavy atom. The van der Waals surface area contributed by atoms with Crippen LogP contribution in [0, 0.1) is 24.1 Å². The topological polar surface area (TPSA) is 108 Å². The number of hydrogen-bond donors (Lipinski definition) is 2. The molecule has 0 saturated carbocycles. The maximum atomic E-state index is 14.5. The summed E-state index contributed by atoms with van der Waals surface area (Å²) in [6.45, 7) is 6.29. The molecule has 0 spiro atoms. The Bertz CT molecular complexity index is 1270. The smallest absolute Gasteiger partial charge is 0.274 e. The van der Waals surface area contributed by atoms with Gasteiger partial charge in [-0.15, -0.1) is 0 Å². The molecule has 3 N–H and O–H groups in total. The number of aromatic nitrogens is 2. The van der Waals surface area contributed by atoms with Crippen LogP contribution in [0.4, 0.5) is 4.39 Å². The highest BCUT2D eigenvalue weighted by Crippen LogP contribution is 2.30. The predicted octanol–water partition coefficient (Wildman–Crippen LogP) is 3.65. The number of benzene rings is 2. The number of halogens is 1. The van der Waals surface area contributed by atoms with Crippen molar-refractivity contribution >= 4 is 5.91 Å². The molecule has 1 fully saturated rings. The zero-order valence-corrected chi connectivity index (χ0v) is 19.5. The Labute approximate surface area is 198 Å². The van der Waals surface area contributed by atoms with Crippen LogP contribution in [0.1, 0.15) is 54.0 Å². The molecule has 1 saturated heterocycles. The van der Waals surface area contributed by atoms with Gasteiger partial charge in [0, 0.05) is 30.4 Å². The van der Waals surface area contributed by atoms with Crippen molar-refractivity contribution in [3.05, 3.63) is 70.8 Å². The lowest BCUT2D eigenvalue weighted by atomic mass is 9.98. The van der Waals surface area contributed by atoms with Crippen LogP contribution in [0.5, 0.6) is 0 Å². The highest BCUT2D eigenvalue weighted by atomic mass is 19.1. The third kappa shape index (κ3) is 4.45. The summed E-state index contributed by atoms with van der Waals surface area (Å²) in [4.78, 5) is 19.8. The van der Waals surface area contributed by atoms with E-state index < -0.39 is 11.4 Å². The summed E-state index contributed by atoms with van der Waals surface area (Å²) in [5.74, 6) is -0.476. The second-order valence-electron chi connectivity index (χ2n) is 9.27. The largest absolute Gasteiger partial charge is 0.386 e. The van der Waals surface area contributed by atoms with E-state index in [-0.39, 0.29) is 23.2 Å². The van der Waals surface area contributed by atoms with Gasteiger partial charge in [-0.1, -0.05) is 12.1 Å². The second-order valence-corrected chi connectivity index (χ2v) is 9.27. The first kappa shape index (κ1) is 23.6. The Balaban J connectivity index is 1.85. The van der Waals surface area contributed by atoms with Gasteiger partial charge in [-0.2, -0.15) is 5.26 Å². The van der Waals surface area contributed by atoms with Gasteiger partial charge in [-0.25, -0.2) is 9.37 Å². The average Bonchev–Trinajstić information content (AvgIpc) is 3.15. The fraction of sp³-hybridized carbons (Fsp3) is 0.346. The van der Waals surface area contributed by atoms with E-state index in [1.165, 1.54) is 12.1 Å². The average molecular weight is 462 g/mol. The lowest BCUT2D eigenvalue weighted by molar-refractivity contribution is 0.0702. The molecule has 0 bridgehead atoms. The number of likely N-dealkylation sites (tertiary alicyclic amines) is 1. The molecule has 3 aromatic rings. The molecule has 176 valence electrons. The first-order chi connectivity index (χ1) is 16.1. The number of hydrogen-bond acceptors (Lipinski definition) is 5. The van der Waals surface area contributed by atoms with Crippen LogP contribution in [0.3, 0.4) is 0 Å². The highest BCUT2D eigenvalue weighted by Gasteiger charge is 2.28. The molecule has 4 rings (SSSR count). The van der Waals surface area contributed by atoms with E-state index in [0.29, 0.717) is 35.9 Å². The number of piperidine rings is 1. The molecule has 1 aliphatic rings. The van der Waals surface area contributed by atoms with Crippen LogP contribution in [0.2, 0.25) is 0 Å². The Morgan fingerprint density at radius 3 is 2.56 bits per heavy atom. The van der Waals surface area contributed by atoms with Crippen molar-refractivity contribution in [2.75, 3.05) is 13.1 Å². The molecule has 0 unspecified atom stereocenters. The van der Waals surface area contributed by atoms with Gasteiger partial charge in [-0.3, -0.25) is 9.36 Å². The fourth-order valence-electron chi connectivity index (χ4n) is 4.32. The molecule has 2 aromatic carbocycles. The summed E-state index contributed by atoms with van der Waals surface area (Å²) < 4.78 is 16.3. The molecule has 7 nitrogen and oxygen atoms in total. The van der Waals surface area contributed by atoms with Gasteiger partial charge >= 0.3 is 0 Å². The highest BCUT2D eigenvalue weighted by molar-refractivity contribution is 5.94. The van der Waals surface area contributed by atoms with Crippen LogP contribution in [0.25, 0.3) is 17.1 Å². The summed E-state index contributed by atoms with van der Waals surface area (Å²) in [7, 11) is 0. The number of nitrogens with zero attached hydrogens (tertiary/aromatic N) is 4. The number of imidazole rings is 1. The minimum absolute atomic E-state index is 0.0632. The SMILES string of the molecule is Cc1c(C(=O)N2CCC[C@H](N)C2)nc(-c2ccc(C#N)c(F)c2)n1-c1ccc(C(C)(C)O)cc1. The Morgan fingerprint density at radius 2 is 1.97 bits per heavy atom. The van der Waals surface area contributed by atoms with Crippen molar-refractivity contribution in [3.8, 4) is 23.1 Å². The van der Waals surface area contributed by atoms with Gasteiger partial charge < -0.3 is 15.7 Å². The summed E-state index contributed by atoms with van der Waals surface area (Å²) >= 11 is 0. The molecular weight excluding hydrogens is 433 g/mol. The summed E-state index contributed by atoms with van der Waals surface area (Å²) in [5.41, 5.74) is 7.80. The van der Waals surface area contributed by atoms with Gasteiger partial charge in [0.2, 0.25) is 0 Å². The maximum Gasteiger partial charge on any atom is 0.274 e. The van der Waals surface area contributed by atoms with Gasteiger partial charge in [0.25, 0.3) is 5.91 Å². The van der Waals surface area contributed by atoms with E-state index in [2.05, 4.69) is 4.98 Å². The molecule has 1 amide bonds. The normalized spacial score (nSPS) is 16.4. The lowest BCUT2D eigenvalue weighted by Crippen LogP contribution is -2.46.